The third-order valence-electron chi connectivity index (χ3n) is 4.73. The van der Waals surface area contributed by atoms with Gasteiger partial charge >= 0.3 is 0 Å². The molecule has 0 spiro atoms. The number of piperazine rings is 1. The number of thioether (sulfide) groups is 1. The van der Waals surface area contributed by atoms with Crippen LogP contribution in [-0.4, -0.2) is 87.1 Å². The van der Waals surface area contributed by atoms with Gasteiger partial charge in [-0.15, -0.1) is 0 Å². The number of sulfonamides is 2. The number of rotatable bonds is 9. The van der Waals surface area contributed by atoms with E-state index in [0.29, 0.717) is 17.9 Å². The second kappa shape index (κ2) is 9.77. The zero-order valence-corrected chi connectivity index (χ0v) is 19.5. The van der Waals surface area contributed by atoms with E-state index in [0.717, 1.165) is 0 Å². The average molecular weight is 469 g/mol. The first-order chi connectivity index (χ1) is 13.5. The molecule has 0 aliphatic carbocycles. The Balaban J connectivity index is 2.09. The minimum atomic E-state index is -3.77. The molecule has 1 fully saturated rings. The number of amides is 1. The molecule has 0 aromatic carbocycles. The highest BCUT2D eigenvalue weighted by atomic mass is 32.2. The van der Waals surface area contributed by atoms with Gasteiger partial charge < -0.3 is 9.42 Å². The zero-order chi connectivity index (χ0) is 21.8. The maximum absolute atomic E-state index is 12.9. The number of nitrogens with one attached hydrogen (secondary N) is 1. The van der Waals surface area contributed by atoms with Gasteiger partial charge in [0, 0.05) is 26.2 Å². The van der Waals surface area contributed by atoms with Crippen molar-refractivity contribution in [2.75, 3.05) is 43.9 Å². The molecule has 1 atom stereocenters. The summed E-state index contributed by atoms with van der Waals surface area (Å²) in [5.41, 5.74) is 0.298. The largest absolute Gasteiger partial charge is 0.360 e. The van der Waals surface area contributed by atoms with E-state index in [1.165, 1.54) is 27.9 Å². The molecular weight excluding hydrogens is 440 g/mol. The van der Waals surface area contributed by atoms with Gasteiger partial charge in [-0.3, -0.25) is 4.79 Å². The van der Waals surface area contributed by atoms with Gasteiger partial charge in [0.05, 0.1) is 5.75 Å². The highest BCUT2D eigenvalue weighted by molar-refractivity contribution is 7.98. The zero-order valence-electron chi connectivity index (χ0n) is 17.0. The predicted octanol–water partition coefficient (Wildman–Crippen LogP) is 0.185. The lowest BCUT2D eigenvalue weighted by Crippen LogP contribution is -2.56. The fourth-order valence-electron chi connectivity index (χ4n) is 3.11. The molecule has 2 heterocycles. The van der Waals surface area contributed by atoms with Crippen molar-refractivity contribution >= 4 is 37.7 Å². The molecule has 1 aromatic rings. The summed E-state index contributed by atoms with van der Waals surface area (Å²) < 4.78 is 58.4. The fraction of sp³-hybridized carbons (Fsp3) is 0.750. The van der Waals surface area contributed by atoms with Crippen molar-refractivity contribution in [3.05, 3.63) is 11.5 Å². The number of hydrogen-bond donors (Lipinski definition) is 1. The van der Waals surface area contributed by atoms with Gasteiger partial charge in [0.1, 0.15) is 16.6 Å². The van der Waals surface area contributed by atoms with Crippen molar-refractivity contribution < 1.29 is 26.2 Å². The second-order valence-electron chi connectivity index (χ2n) is 6.74. The fourth-order valence-corrected chi connectivity index (χ4v) is 6.11. The lowest BCUT2D eigenvalue weighted by Gasteiger charge is -2.35. The van der Waals surface area contributed by atoms with Gasteiger partial charge in [-0.05, 0) is 39.2 Å². The molecule has 0 bridgehead atoms. The molecule has 0 saturated carbocycles. The van der Waals surface area contributed by atoms with Gasteiger partial charge in [-0.1, -0.05) is 5.16 Å². The molecule has 29 heavy (non-hydrogen) atoms. The maximum Gasteiger partial charge on any atom is 0.248 e. The molecular formula is C16H28N4O6S3. The second-order valence-corrected chi connectivity index (χ2v) is 11.6. The van der Waals surface area contributed by atoms with Crippen LogP contribution >= 0.6 is 11.8 Å². The van der Waals surface area contributed by atoms with Crippen molar-refractivity contribution in [2.45, 2.75) is 38.1 Å². The molecule has 2 rings (SSSR count). The first kappa shape index (κ1) is 24.1. The normalized spacial score (nSPS) is 17.4. The summed E-state index contributed by atoms with van der Waals surface area (Å²) in [7, 11) is -7.31. The Bertz CT molecular complexity index is 901. The smallest absolute Gasteiger partial charge is 0.248 e. The number of carbonyl (C=O) groups excluding carboxylic acids is 1. The molecule has 1 saturated heterocycles. The van der Waals surface area contributed by atoms with E-state index >= 15 is 0 Å². The molecule has 1 aliphatic rings. The van der Waals surface area contributed by atoms with Gasteiger partial charge in [0.15, 0.2) is 5.76 Å². The molecule has 10 nitrogen and oxygen atoms in total. The van der Waals surface area contributed by atoms with Crippen molar-refractivity contribution in [2.24, 2.45) is 0 Å². The van der Waals surface area contributed by atoms with E-state index in [-0.39, 0.29) is 48.5 Å². The van der Waals surface area contributed by atoms with Crippen LogP contribution in [0, 0.1) is 13.8 Å². The van der Waals surface area contributed by atoms with Crippen LogP contribution in [0.25, 0.3) is 0 Å². The minimum Gasteiger partial charge on any atom is -0.360 e. The average Bonchev–Trinajstić information content (AvgIpc) is 3.03. The van der Waals surface area contributed by atoms with Crippen LogP contribution in [0.15, 0.2) is 9.42 Å². The lowest BCUT2D eigenvalue weighted by molar-refractivity contribution is -0.134. The Morgan fingerprint density at radius 3 is 2.31 bits per heavy atom. The van der Waals surface area contributed by atoms with Gasteiger partial charge in [-0.25, -0.2) is 21.6 Å². The summed E-state index contributed by atoms with van der Waals surface area (Å²) in [6, 6.07) is -0.849. The molecule has 1 amide bonds. The van der Waals surface area contributed by atoms with E-state index < -0.39 is 26.1 Å². The van der Waals surface area contributed by atoms with Crippen LogP contribution < -0.4 is 4.72 Å². The van der Waals surface area contributed by atoms with Crippen molar-refractivity contribution in [3.63, 3.8) is 0 Å². The Labute approximate surface area is 176 Å². The Hall–Kier alpha value is -1.15. The number of aromatic nitrogens is 1. The molecule has 1 aliphatic heterocycles. The molecule has 1 unspecified atom stereocenters. The summed E-state index contributed by atoms with van der Waals surface area (Å²) >= 11 is 1.52. The van der Waals surface area contributed by atoms with Gasteiger partial charge in [0.25, 0.3) is 0 Å². The Morgan fingerprint density at radius 2 is 1.83 bits per heavy atom. The van der Waals surface area contributed by atoms with Crippen molar-refractivity contribution in [3.8, 4) is 0 Å². The highest BCUT2D eigenvalue weighted by Gasteiger charge is 2.36. The Morgan fingerprint density at radius 1 is 1.21 bits per heavy atom. The summed E-state index contributed by atoms with van der Waals surface area (Å²) in [5, 5.41) is 3.70. The quantitative estimate of drug-likeness (QED) is 0.543. The number of hydrogen-bond acceptors (Lipinski definition) is 8. The monoisotopic (exact) mass is 468 g/mol. The first-order valence-electron chi connectivity index (χ1n) is 9.24. The SMILES string of the molecule is CCS(=O)(=O)NC(CCSC)C(=O)N1CCN(S(=O)(=O)c2c(C)noc2C)CC1. The van der Waals surface area contributed by atoms with Crippen molar-refractivity contribution in [1.29, 1.82) is 0 Å². The lowest BCUT2D eigenvalue weighted by atomic mass is 10.2. The van der Waals surface area contributed by atoms with Gasteiger partial charge in [-0.2, -0.15) is 16.1 Å². The minimum absolute atomic E-state index is 0.0610. The topological polar surface area (TPSA) is 130 Å². The Kier molecular flexibility index (Phi) is 8.13. The molecule has 166 valence electrons. The maximum atomic E-state index is 12.9. The molecule has 1 N–H and O–H groups in total. The summed E-state index contributed by atoms with van der Waals surface area (Å²) in [6.45, 7) is 5.23. The molecule has 0 radical (unpaired) electrons. The third kappa shape index (κ3) is 5.72. The molecule has 13 heteroatoms. The molecule has 1 aromatic heterocycles. The van der Waals surface area contributed by atoms with E-state index in [1.807, 2.05) is 6.26 Å². The van der Waals surface area contributed by atoms with Crippen LogP contribution in [0.2, 0.25) is 0 Å². The standard InChI is InChI=1S/C16H28N4O6S3/c1-5-28(22,23)18-14(6-11-27-4)16(21)19-7-9-20(10-8-19)29(24,25)15-12(2)17-26-13(15)3/h14,18H,5-11H2,1-4H3. The number of nitrogens with zero attached hydrogens (tertiary/aromatic N) is 3. The number of carbonyl (C=O) groups is 1. The first-order valence-corrected chi connectivity index (χ1v) is 13.7. The van der Waals surface area contributed by atoms with Crippen LogP contribution in [-0.2, 0) is 24.8 Å². The highest BCUT2D eigenvalue weighted by Crippen LogP contribution is 2.24. The van der Waals surface area contributed by atoms with Crippen LogP contribution in [0.4, 0.5) is 0 Å². The van der Waals surface area contributed by atoms with Crippen LogP contribution in [0.1, 0.15) is 24.8 Å². The van der Waals surface area contributed by atoms with Crippen LogP contribution in [0.5, 0.6) is 0 Å². The van der Waals surface area contributed by atoms with E-state index in [9.17, 15) is 21.6 Å². The third-order valence-corrected chi connectivity index (χ3v) is 8.92. The van der Waals surface area contributed by atoms with E-state index in [1.54, 1.807) is 13.8 Å². The van der Waals surface area contributed by atoms with Crippen LogP contribution in [0.3, 0.4) is 0 Å². The summed E-state index contributed by atoms with van der Waals surface area (Å²) in [6.07, 6.45) is 2.25. The number of aryl methyl sites for hydroxylation is 2. The predicted molar refractivity (Wildman–Crippen MR) is 111 cm³/mol. The summed E-state index contributed by atoms with van der Waals surface area (Å²) in [5.74, 6) is 0.417. The van der Waals surface area contributed by atoms with Gasteiger partial charge in [0.2, 0.25) is 26.0 Å². The van der Waals surface area contributed by atoms with E-state index in [4.69, 9.17) is 4.52 Å². The van der Waals surface area contributed by atoms with E-state index in [2.05, 4.69) is 9.88 Å². The van der Waals surface area contributed by atoms with Crippen molar-refractivity contribution in [1.82, 2.24) is 19.1 Å². The summed E-state index contributed by atoms with van der Waals surface area (Å²) in [4.78, 5) is 14.5.